The largest absolute Gasteiger partial charge is 0.491 e. The third-order valence-electron chi connectivity index (χ3n) is 6.75. The highest BCUT2D eigenvalue weighted by molar-refractivity contribution is 5.77. The van der Waals surface area contributed by atoms with E-state index in [2.05, 4.69) is 29.1 Å². The summed E-state index contributed by atoms with van der Waals surface area (Å²) >= 11 is 0. The molecule has 1 amide bonds. The molecule has 0 atom stereocenters. The minimum atomic E-state index is -1.12. The van der Waals surface area contributed by atoms with Crippen molar-refractivity contribution in [2.75, 3.05) is 119 Å². The molecule has 1 rings (SSSR count). The predicted molar refractivity (Wildman–Crippen MR) is 181 cm³/mol. The lowest BCUT2D eigenvalue weighted by molar-refractivity contribution is -0.143. The van der Waals surface area contributed by atoms with E-state index in [9.17, 15) is 9.59 Å². The number of ether oxygens (including phenoxy) is 9. The molecule has 0 fully saturated rings. The Bertz CT molecular complexity index is 858. The maximum atomic E-state index is 11.4. The van der Waals surface area contributed by atoms with Gasteiger partial charge in [-0.15, -0.1) is 0 Å². The molecule has 0 aliphatic rings. The van der Waals surface area contributed by atoms with E-state index in [1.807, 2.05) is 12.1 Å². The van der Waals surface area contributed by atoms with Gasteiger partial charge in [-0.2, -0.15) is 0 Å². The van der Waals surface area contributed by atoms with E-state index in [-0.39, 0.29) is 6.61 Å². The van der Waals surface area contributed by atoms with Gasteiger partial charge in [0.25, 0.3) is 0 Å². The van der Waals surface area contributed by atoms with E-state index in [0.717, 1.165) is 12.2 Å². The number of nitrogens with one attached hydrogen (secondary N) is 1. The maximum absolute atomic E-state index is 11.4. The molecular weight excluding hydrogens is 626 g/mol. The van der Waals surface area contributed by atoms with E-state index in [1.54, 1.807) is 0 Å². The van der Waals surface area contributed by atoms with Crippen LogP contribution in [0.5, 0.6) is 5.75 Å². The number of amides is 1. The number of hydrogen-bond acceptors (Lipinski definition) is 11. The first-order chi connectivity index (χ1) is 23.6. The number of aryl methyl sites for hydroxylation is 1. The number of rotatable bonds is 37. The van der Waals surface area contributed by atoms with Crippen LogP contribution in [0.25, 0.3) is 0 Å². The number of carboxylic acids is 1. The Kier molecular flexibility index (Phi) is 31.4. The molecule has 1 aromatic carbocycles. The normalized spacial score (nSPS) is 11.2. The molecule has 0 spiro atoms. The molecule has 2 N–H and O–H groups in total. The van der Waals surface area contributed by atoms with Crippen LogP contribution in [0.1, 0.15) is 57.4 Å². The van der Waals surface area contributed by atoms with Crippen molar-refractivity contribution in [1.82, 2.24) is 5.32 Å². The molecule has 0 heterocycles. The molecule has 0 aliphatic heterocycles. The Labute approximate surface area is 287 Å². The molecule has 0 saturated heterocycles. The molecule has 0 radical (unpaired) electrons. The monoisotopic (exact) mass is 687 g/mol. The van der Waals surface area contributed by atoms with Crippen molar-refractivity contribution in [3.63, 3.8) is 0 Å². The Morgan fingerprint density at radius 1 is 0.542 bits per heavy atom. The lowest BCUT2D eigenvalue weighted by Gasteiger charge is -2.09. The van der Waals surface area contributed by atoms with Gasteiger partial charge in [0.05, 0.1) is 92.5 Å². The second-order valence-electron chi connectivity index (χ2n) is 10.9. The zero-order valence-corrected chi connectivity index (χ0v) is 29.1. The maximum Gasteiger partial charge on any atom is 0.329 e. The number of carbonyl (C=O) groups is 2. The first-order valence-electron chi connectivity index (χ1n) is 17.4. The van der Waals surface area contributed by atoms with Crippen LogP contribution in [-0.2, 0) is 53.9 Å². The number of benzene rings is 1. The van der Waals surface area contributed by atoms with Crippen LogP contribution in [-0.4, -0.2) is 136 Å². The molecule has 0 saturated carbocycles. The summed E-state index contributed by atoms with van der Waals surface area (Å²) in [6.45, 7) is 8.74. The third kappa shape index (κ3) is 30.9. The van der Waals surface area contributed by atoms with Gasteiger partial charge < -0.3 is 53.1 Å². The fourth-order valence-electron chi connectivity index (χ4n) is 4.22. The molecular formula is C35H61NO12. The highest BCUT2D eigenvalue weighted by atomic mass is 16.6. The average Bonchev–Trinajstić information content (AvgIpc) is 3.08. The van der Waals surface area contributed by atoms with Crippen molar-refractivity contribution >= 4 is 11.9 Å². The summed E-state index contributed by atoms with van der Waals surface area (Å²) in [7, 11) is 0. The highest BCUT2D eigenvalue weighted by Crippen LogP contribution is 2.15. The van der Waals surface area contributed by atoms with E-state index in [4.69, 9.17) is 43.0 Å². The van der Waals surface area contributed by atoms with Crippen molar-refractivity contribution in [1.29, 1.82) is 0 Å². The summed E-state index contributed by atoms with van der Waals surface area (Å²) in [4.78, 5) is 21.7. The highest BCUT2D eigenvalue weighted by Gasteiger charge is 2.03. The summed E-state index contributed by atoms with van der Waals surface area (Å²) in [6, 6.07) is 8.41. The minimum Gasteiger partial charge on any atom is -0.491 e. The number of carbonyl (C=O) groups excluding carboxylic acids is 1. The Balaban J connectivity index is 1.73. The standard InChI is InChI=1S/C35H61NO12/c1-2-3-4-5-6-7-8-9-32-10-12-33(13-11-32)48-29-28-46-27-26-45-25-24-44-23-22-43-21-20-42-19-18-41-17-16-40-15-14-36-34(37)30-47-31-35(38)39/h10-13H,2-9,14-31H2,1H3,(H,36,37)(H,38,39). The average molecular weight is 688 g/mol. The van der Waals surface area contributed by atoms with Crippen LogP contribution < -0.4 is 10.1 Å². The zero-order valence-electron chi connectivity index (χ0n) is 29.1. The predicted octanol–water partition coefficient (Wildman–Crippen LogP) is 3.69. The first-order valence-corrected chi connectivity index (χ1v) is 17.4. The van der Waals surface area contributed by atoms with Crippen LogP contribution in [0.15, 0.2) is 24.3 Å². The lowest BCUT2D eigenvalue weighted by atomic mass is 10.0. The Hall–Kier alpha value is -2.36. The van der Waals surface area contributed by atoms with Gasteiger partial charge >= 0.3 is 5.97 Å². The van der Waals surface area contributed by atoms with Gasteiger partial charge in [-0.05, 0) is 30.5 Å². The van der Waals surface area contributed by atoms with Crippen molar-refractivity contribution in [3.8, 4) is 5.75 Å². The van der Waals surface area contributed by atoms with Gasteiger partial charge in [-0.25, -0.2) is 4.79 Å². The van der Waals surface area contributed by atoms with Crippen LogP contribution in [0, 0.1) is 0 Å². The molecule has 278 valence electrons. The topological polar surface area (TPSA) is 149 Å². The molecule has 1 aromatic rings. The number of unbranched alkanes of at least 4 members (excludes halogenated alkanes) is 6. The molecule has 13 heteroatoms. The molecule has 0 unspecified atom stereocenters. The van der Waals surface area contributed by atoms with Crippen LogP contribution in [0.4, 0.5) is 0 Å². The molecule has 13 nitrogen and oxygen atoms in total. The first kappa shape index (κ1) is 43.7. The second kappa shape index (κ2) is 34.5. The van der Waals surface area contributed by atoms with E-state index < -0.39 is 18.5 Å². The van der Waals surface area contributed by atoms with Crippen molar-refractivity contribution in [2.45, 2.75) is 58.3 Å². The van der Waals surface area contributed by atoms with Gasteiger partial charge in [0.2, 0.25) is 5.91 Å². The number of carboxylic acid groups (broad SMARTS) is 1. The van der Waals surface area contributed by atoms with Gasteiger partial charge in [-0.3, -0.25) is 4.79 Å². The Morgan fingerprint density at radius 2 is 0.979 bits per heavy atom. The summed E-state index contributed by atoms with van der Waals surface area (Å²) in [5.74, 6) is -0.637. The van der Waals surface area contributed by atoms with Gasteiger partial charge in [0.15, 0.2) is 0 Å². The Morgan fingerprint density at radius 3 is 1.46 bits per heavy atom. The van der Waals surface area contributed by atoms with Crippen molar-refractivity contribution in [2.24, 2.45) is 0 Å². The quantitative estimate of drug-likeness (QED) is 0.0983. The zero-order chi connectivity index (χ0) is 34.6. The number of aliphatic carboxylic acids is 1. The summed E-state index contributed by atoms with van der Waals surface area (Å²) in [5.41, 5.74) is 1.37. The molecule has 48 heavy (non-hydrogen) atoms. The lowest BCUT2D eigenvalue weighted by Crippen LogP contribution is -2.31. The summed E-state index contributed by atoms with van der Waals surface area (Å²) in [5, 5.41) is 11.0. The molecule has 0 aliphatic carbocycles. The SMILES string of the molecule is CCCCCCCCCc1ccc(OCCOCCOCCOCCOCCOCCOCCOCCNC(=O)COCC(=O)O)cc1. The second-order valence-corrected chi connectivity index (χ2v) is 10.9. The molecule has 0 aromatic heterocycles. The van der Waals surface area contributed by atoms with Crippen LogP contribution >= 0.6 is 0 Å². The summed E-state index contributed by atoms with van der Waals surface area (Å²) < 4.78 is 48.7. The minimum absolute atomic E-state index is 0.297. The van der Waals surface area contributed by atoms with Crippen molar-refractivity contribution < 1.29 is 57.3 Å². The van der Waals surface area contributed by atoms with E-state index in [1.165, 1.54) is 50.5 Å². The van der Waals surface area contributed by atoms with Crippen LogP contribution in [0.3, 0.4) is 0 Å². The third-order valence-corrected chi connectivity index (χ3v) is 6.75. The smallest absolute Gasteiger partial charge is 0.329 e. The fraction of sp³-hybridized carbons (Fsp3) is 0.771. The van der Waals surface area contributed by atoms with Gasteiger partial charge in [0.1, 0.15) is 25.6 Å². The van der Waals surface area contributed by atoms with Crippen LogP contribution in [0.2, 0.25) is 0 Å². The van der Waals surface area contributed by atoms with Gasteiger partial charge in [-0.1, -0.05) is 57.6 Å². The van der Waals surface area contributed by atoms with Crippen molar-refractivity contribution in [3.05, 3.63) is 29.8 Å². The number of hydrogen-bond donors (Lipinski definition) is 2. The fourth-order valence-corrected chi connectivity index (χ4v) is 4.22. The van der Waals surface area contributed by atoms with E-state index >= 15 is 0 Å². The van der Waals surface area contributed by atoms with E-state index in [0.29, 0.717) is 106 Å². The summed E-state index contributed by atoms with van der Waals surface area (Å²) in [6.07, 6.45) is 10.5. The van der Waals surface area contributed by atoms with Gasteiger partial charge in [0, 0.05) is 6.54 Å². The molecule has 0 bridgehead atoms.